The molecule has 3 nitrogen and oxygen atoms in total. The molecule has 3 heteroatoms. The highest BCUT2D eigenvalue weighted by atomic mass is 16.8. The highest BCUT2D eigenvalue weighted by molar-refractivity contribution is 5.64. The average Bonchev–Trinajstić information content (AvgIpc) is 2.39. The van der Waals surface area contributed by atoms with Crippen molar-refractivity contribution in [1.82, 2.24) is 0 Å². The molecule has 62 valence electrons. The molecule has 11 heavy (non-hydrogen) atoms. The molecule has 0 aromatic heterocycles. The second kappa shape index (κ2) is 3.42. The minimum atomic E-state index is -0.570. The molecule has 1 heterocycles. The summed E-state index contributed by atoms with van der Waals surface area (Å²) in [5.74, 6) is 0.708. The van der Waals surface area contributed by atoms with Gasteiger partial charge in [0.15, 0.2) is 6.61 Å². The number of cyclic esters (lactones) is 2. The van der Waals surface area contributed by atoms with Crippen LogP contribution in [0, 0.1) is 0 Å². The standard InChI is InChI=1S/C8H12O3/c1-3-6(4-2)7-5-10-8(9)11-7/h3-5H2,1-2H3. The Bertz CT molecular complexity index is 188. The minimum Gasteiger partial charge on any atom is -0.426 e. The lowest BCUT2D eigenvalue weighted by Gasteiger charge is -2.01. The van der Waals surface area contributed by atoms with Gasteiger partial charge in [-0.3, -0.25) is 0 Å². The van der Waals surface area contributed by atoms with Crippen molar-refractivity contribution < 1.29 is 14.3 Å². The maximum absolute atomic E-state index is 10.5. The SMILES string of the molecule is CCC(CC)=C1COC(=O)O1. The van der Waals surface area contributed by atoms with Crippen LogP contribution in [0.15, 0.2) is 11.3 Å². The van der Waals surface area contributed by atoms with Crippen LogP contribution in [0.4, 0.5) is 4.79 Å². The zero-order valence-electron chi connectivity index (χ0n) is 6.85. The molecule has 0 saturated carbocycles. The molecule has 1 saturated heterocycles. The summed E-state index contributed by atoms with van der Waals surface area (Å²) in [6.45, 7) is 4.39. The molecule has 0 spiro atoms. The second-order valence-corrected chi connectivity index (χ2v) is 2.37. The molecule has 1 rings (SSSR count). The summed E-state index contributed by atoms with van der Waals surface area (Å²) in [6.07, 6.45) is 1.27. The van der Waals surface area contributed by atoms with Crippen LogP contribution in [-0.4, -0.2) is 12.8 Å². The lowest BCUT2D eigenvalue weighted by atomic mass is 10.1. The monoisotopic (exact) mass is 156 g/mol. The number of hydrogen-bond donors (Lipinski definition) is 0. The molecule has 0 N–H and O–H groups in total. The fourth-order valence-corrected chi connectivity index (χ4v) is 1.10. The van der Waals surface area contributed by atoms with Gasteiger partial charge >= 0.3 is 6.16 Å². The molecule has 0 aliphatic carbocycles. The third-order valence-corrected chi connectivity index (χ3v) is 1.78. The first-order valence-corrected chi connectivity index (χ1v) is 3.83. The Morgan fingerprint density at radius 2 is 2.09 bits per heavy atom. The highest BCUT2D eigenvalue weighted by Crippen LogP contribution is 2.19. The van der Waals surface area contributed by atoms with Crippen LogP contribution in [-0.2, 0) is 9.47 Å². The first kappa shape index (κ1) is 8.11. The van der Waals surface area contributed by atoms with Gasteiger partial charge in [0.2, 0.25) is 0 Å². The first-order chi connectivity index (χ1) is 5.27. The molecule has 0 amide bonds. The van der Waals surface area contributed by atoms with Gasteiger partial charge in [0.25, 0.3) is 0 Å². The van der Waals surface area contributed by atoms with Crippen molar-refractivity contribution in [3.63, 3.8) is 0 Å². The van der Waals surface area contributed by atoms with Crippen molar-refractivity contribution in [2.24, 2.45) is 0 Å². The fraction of sp³-hybridized carbons (Fsp3) is 0.625. The molecule has 0 radical (unpaired) electrons. The van der Waals surface area contributed by atoms with Crippen molar-refractivity contribution in [3.8, 4) is 0 Å². The van der Waals surface area contributed by atoms with E-state index in [9.17, 15) is 4.79 Å². The lowest BCUT2D eigenvalue weighted by molar-refractivity contribution is 0.136. The quantitative estimate of drug-likeness (QED) is 0.575. The van der Waals surface area contributed by atoms with E-state index in [2.05, 4.69) is 4.74 Å². The molecule has 1 fully saturated rings. The van der Waals surface area contributed by atoms with Crippen molar-refractivity contribution in [1.29, 1.82) is 0 Å². The summed E-state index contributed by atoms with van der Waals surface area (Å²) in [7, 11) is 0. The molecule has 0 unspecified atom stereocenters. The number of hydrogen-bond acceptors (Lipinski definition) is 3. The Balaban J connectivity index is 2.70. The smallest absolute Gasteiger partial charge is 0.426 e. The predicted molar refractivity (Wildman–Crippen MR) is 40.0 cm³/mol. The summed E-state index contributed by atoms with van der Waals surface area (Å²) in [5.41, 5.74) is 1.16. The molecular weight excluding hydrogens is 144 g/mol. The largest absolute Gasteiger partial charge is 0.514 e. The number of carbonyl (C=O) groups excluding carboxylic acids is 1. The van der Waals surface area contributed by atoms with E-state index in [4.69, 9.17) is 4.74 Å². The lowest BCUT2D eigenvalue weighted by Crippen LogP contribution is -1.92. The fourth-order valence-electron chi connectivity index (χ4n) is 1.10. The summed E-state index contributed by atoms with van der Waals surface area (Å²) >= 11 is 0. The van der Waals surface area contributed by atoms with E-state index in [1.807, 2.05) is 13.8 Å². The number of allylic oxidation sites excluding steroid dienone is 1. The van der Waals surface area contributed by atoms with Crippen LogP contribution >= 0.6 is 0 Å². The zero-order valence-corrected chi connectivity index (χ0v) is 6.85. The van der Waals surface area contributed by atoms with E-state index in [1.165, 1.54) is 0 Å². The Labute approximate surface area is 66.0 Å². The maximum Gasteiger partial charge on any atom is 0.514 e. The Hall–Kier alpha value is -0.990. The average molecular weight is 156 g/mol. The molecule has 1 aliphatic rings. The topological polar surface area (TPSA) is 35.5 Å². The zero-order chi connectivity index (χ0) is 8.27. The van der Waals surface area contributed by atoms with Gasteiger partial charge in [0, 0.05) is 0 Å². The molecule has 0 aromatic carbocycles. The first-order valence-electron chi connectivity index (χ1n) is 3.83. The van der Waals surface area contributed by atoms with E-state index >= 15 is 0 Å². The summed E-state index contributed by atoms with van der Waals surface area (Å²) in [5, 5.41) is 0. The normalized spacial score (nSPS) is 16.2. The summed E-state index contributed by atoms with van der Waals surface area (Å²) in [4.78, 5) is 10.5. The van der Waals surface area contributed by atoms with E-state index in [0.29, 0.717) is 12.4 Å². The number of ether oxygens (including phenoxy) is 2. The van der Waals surface area contributed by atoms with Crippen LogP contribution in [0.2, 0.25) is 0 Å². The third kappa shape index (κ3) is 1.73. The van der Waals surface area contributed by atoms with Gasteiger partial charge in [-0.2, -0.15) is 0 Å². The van der Waals surface area contributed by atoms with Gasteiger partial charge in [-0.15, -0.1) is 0 Å². The van der Waals surface area contributed by atoms with Gasteiger partial charge in [-0.25, -0.2) is 4.79 Å². The summed E-state index contributed by atoms with van der Waals surface area (Å²) < 4.78 is 9.45. The van der Waals surface area contributed by atoms with E-state index in [-0.39, 0.29) is 0 Å². The van der Waals surface area contributed by atoms with Gasteiger partial charge in [0.05, 0.1) is 0 Å². The van der Waals surface area contributed by atoms with Gasteiger partial charge < -0.3 is 9.47 Å². The van der Waals surface area contributed by atoms with Crippen molar-refractivity contribution in [3.05, 3.63) is 11.3 Å². The molecule has 1 aliphatic heterocycles. The number of carbonyl (C=O) groups is 1. The van der Waals surface area contributed by atoms with E-state index in [1.54, 1.807) is 0 Å². The predicted octanol–water partition coefficient (Wildman–Crippen LogP) is 2.23. The van der Waals surface area contributed by atoms with E-state index < -0.39 is 6.16 Å². The van der Waals surface area contributed by atoms with Crippen molar-refractivity contribution >= 4 is 6.16 Å². The van der Waals surface area contributed by atoms with Crippen molar-refractivity contribution in [2.75, 3.05) is 6.61 Å². The molecule has 0 bridgehead atoms. The van der Waals surface area contributed by atoms with Crippen molar-refractivity contribution in [2.45, 2.75) is 26.7 Å². The summed E-state index contributed by atoms with van der Waals surface area (Å²) in [6, 6.07) is 0. The van der Waals surface area contributed by atoms with Crippen LogP contribution in [0.5, 0.6) is 0 Å². The van der Waals surface area contributed by atoms with Gasteiger partial charge in [-0.05, 0) is 18.4 Å². The molecular formula is C8H12O3. The van der Waals surface area contributed by atoms with Crippen LogP contribution in [0.25, 0.3) is 0 Å². The number of rotatable bonds is 2. The Kier molecular flexibility index (Phi) is 2.52. The van der Waals surface area contributed by atoms with E-state index in [0.717, 1.165) is 18.4 Å². The Morgan fingerprint density at radius 1 is 1.45 bits per heavy atom. The third-order valence-electron chi connectivity index (χ3n) is 1.78. The molecule has 0 aromatic rings. The molecule has 0 atom stereocenters. The van der Waals surface area contributed by atoms with Crippen LogP contribution in [0.1, 0.15) is 26.7 Å². The Morgan fingerprint density at radius 3 is 2.45 bits per heavy atom. The second-order valence-electron chi connectivity index (χ2n) is 2.37. The van der Waals surface area contributed by atoms with Gasteiger partial charge in [-0.1, -0.05) is 13.8 Å². The van der Waals surface area contributed by atoms with Crippen LogP contribution < -0.4 is 0 Å². The minimum absolute atomic E-state index is 0.315. The van der Waals surface area contributed by atoms with Crippen LogP contribution in [0.3, 0.4) is 0 Å². The van der Waals surface area contributed by atoms with Gasteiger partial charge in [0.1, 0.15) is 5.76 Å². The highest BCUT2D eigenvalue weighted by Gasteiger charge is 2.20. The maximum atomic E-state index is 10.5.